The third kappa shape index (κ3) is 7.06. The highest BCUT2D eigenvalue weighted by molar-refractivity contribution is 6.36. The number of alkyl halides is 2. The first kappa shape index (κ1) is 33.9. The fourth-order valence-corrected chi connectivity index (χ4v) is 7.06. The highest BCUT2D eigenvalue weighted by Gasteiger charge is 2.44. The highest BCUT2D eigenvalue weighted by Crippen LogP contribution is 2.38. The first-order valence-corrected chi connectivity index (χ1v) is 16.5. The Morgan fingerprint density at radius 3 is 2.60 bits per heavy atom. The van der Waals surface area contributed by atoms with Crippen molar-refractivity contribution in [3.05, 3.63) is 52.7 Å². The van der Waals surface area contributed by atoms with Gasteiger partial charge in [-0.25, -0.2) is 13.6 Å². The summed E-state index contributed by atoms with van der Waals surface area (Å²) >= 11 is 6.67. The van der Waals surface area contributed by atoms with Crippen LogP contribution in [0, 0.1) is 11.3 Å². The van der Waals surface area contributed by atoms with Crippen LogP contribution in [0.3, 0.4) is 0 Å². The van der Waals surface area contributed by atoms with Crippen molar-refractivity contribution < 1.29 is 28.2 Å². The fourth-order valence-electron chi connectivity index (χ4n) is 6.78. The summed E-state index contributed by atoms with van der Waals surface area (Å²) in [5.74, 6) is -2.23. The summed E-state index contributed by atoms with van der Waals surface area (Å²) < 4.78 is 39.9. The van der Waals surface area contributed by atoms with Crippen molar-refractivity contribution in [2.45, 2.75) is 69.9 Å². The number of rotatable bonds is 6. The number of anilines is 2. The Labute approximate surface area is 283 Å². The fraction of sp³-hybridized carbons (Fsp3) is 0.529. The molecule has 1 amide bonds. The van der Waals surface area contributed by atoms with E-state index in [-0.39, 0.29) is 38.7 Å². The Morgan fingerprint density at radius 1 is 1.17 bits per heavy atom. The van der Waals surface area contributed by atoms with Crippen LogP contribution in [0.25, 0.3) is 10.8 Å². The summed E-state index contributed by atoms with van der Waals surface area (Å²) in [5, 5.41) is 23.0. The van der Waals surface area contributed by atoms with Crippen molar-refractivity contribution >= 4 is 40.0 Å². The van der Waals surface area contributed by atoms with E-state index in [9.17, 15) is 23.9 Å². The van der Waals surface area contributed by atoms with Gasteiger partial charge in [0.05, 0.1) is 35.9 Å². The summed E-state index contributed by atoms with van der Waals surface area (Å²) in [4.78, 5) is 29.8. The number of ether oxygens (including phenoxy) is 2. The Morgan fingerprint density at radius 2 is 1.92 bits per heavy atom. The number of aromatic nitrogens is 2. The van der Waals surface area contributed by atoms with E-state index in [0.717, 1.165) is 22.0 Å². The minimum atomic E-state index is -2.80. The number of amides is 1. The van der Waals surface area contributed by atoms with Crippen LogP contribution in [0.15, 0.2) is 36.4 Å². The quantitative estimate of drug-likeness (QED) is 0.361. The number of piperazine rings is 1. The van der Waals surface area contributed by atoms with Gasteiger partial charge in [-0.1, -0.05) is 35.9 Å². The van der Waals surface area contributed by atoms with Gasteiger partial charge < -0.3 is 24.4 Å². The van der Waals surface area contributed by atoms with Gasteiger partial charge in [-0.3, -0.25) is 9.80 Å². The lowest BCUT2D eigenvalue weighted by atomic mass is 10.0. The number of benzene rings is 2. The van der Waals surface area contributed by atoms with Crippen LogP contribution < -0.4 is 14.5 Å². The van der Waals surface area contributed by atoms with Crippen LogP contribution in [0.1, 0.15) is 38.4 Å². The molecule has 0 aliphatic carbocycles. The van der Waals surface area contributed by atoms with Crippen molar-refractivity contribution in [1.29, 1.82) is 5.26 Å². The maximum Gasteiger partial charge on any atom is 0.410 e. The molecule has 0 bridgehead atoms. The van der Waals surface area contributed by atoms with E-state index in [4.69, 9.17) is 31.0 Å². The number of carbonyl (C=O) groups is 1. The number of halogens is 3. The van der Waals surface area contributed by atoms with Gasteiger partial charge in [-0.15, -0.1) is 0 Å². The molecule has 2 saturated heterocycles. The number of aliphatic hydroxyl groups is 1. The zero-order valence-corrected chi connectivity index (χ0v) is 28.3. The molecule has 0 spiro atoms. The third-order valence-electron chi connectivity index (χ3n) is 9.08. The number of fused-ring (bicyclic) bond motifs is 2. The minimum Gasteiger partial charge on any atom is -0.462 e. The zero-order chi connectivity index (χ0) is 34.4. The number of carbonyl (C=O) groups excluding carboxylic acids is 1. The number of aliphatic hydroxyl groups excluding tert-OH is 1. The van der Waals surface area contributed by atoms with Crippen LogP contribution in [0.4, 0.5) is 25.1 Å². The molecular weight excluding hydrogens is 644 g/mol. The van der Waals surface area contributed by atoms with Crippen LogP contribution in [0.2, 0.25) is 5.02 Å². The van der Waals surface area contributed by atoms with Crippen LogP contribution in [-0.4, -0.2) is 107 Å². The lowest BCUT2D eigenvalue weighted by Gasteiger charge is -2.43. The van der Waals surface area contributed by atoms with E-state index in [1.54, 1.807) is 32.7 Å². The number of likely N-dealkylation sites (N-methyl/N-ethyl adjacent to an activating group) is 1. The molecule has 256 valence electrons. The summed E-state index contributed by atoms with van der Waals surface area (Å²) in [6.07, 6.45) is -1.84. The second kappa shape index (κ2) is 13.1. The van der Waals surface area contributed by atoms with Crippen molar-refractivity contribution in [1.82, 2.24) is 19.8 Å². The Kier molecular flexibility index (Phi) is 9.28. The predicted octanol–water partition coefficient (Wildman–Crippen LogP) is 4.87. The molecule has 11 nitrogen and oxygen atoms in total. The van der Waals surface area contributed by atoms with Gasteiger partial charge in [0.2, 0.25) is 0 Å². The average Bonchev–Trinajstić information content (AvgIpc) is 3.31. The normalized spacial score (nSPS) is 21.9. The monoisotopic (exact) mass is 683 g/mol. The molecule has 0 unspecified atom stereocenters. The third-order valence-corrected chi connectivity index (χ3v) is 9.40. The number of hydrogen-bond acceptors (Lipinski definition) is 10. The smallest absolute Gasteiger partial charge is 0.410 e. The van der Waals surface area contributed by atoms with Gasteiger partial charge in [0.15, 0.2) is 6.10 Å². The summed E-state index contributed by atoms with van der Waals surface area (Å²) in [7, 11) is 1.64. The molecule has 0 saturated carbocycles. The van der Waals surface area contributed by atoms with Crippen LogP contribution in [0.5, 0.6) is 6.01 Å². The first-order valence-electron chi connectivity index (χ1n) is 16.1. The molecule has 48 heavy (non-hydrogen) atoms. The van der Waals surface area contributed by atoms with E-state index >= 15 is 0 Å². The number of likely N-dealkylation sites (tertiary alicyclic amines) is 1. The number of nitriles is 1. The van der Waals surface area contributed by atoms with Crippen molar-refractivity contribution in [3.8, 4) is 12.1 Å². The maximum atomic E-state index is 14.1. The van der Waals surface area contributed by atoms with Gasteiger partial charge in [-0.2, -0.15) is 15.2 Å². The number of hydrogen-bond donors (Lipinski definition) is 1. The second-order valence-electron chi connectivity index (χ2n) is 13.7. The topological polar surface area (TPSA) is 118 Å². The predicted molar refractivity (Wildman–Crippen MR) is 178 cm³/mol. The van der Waals surface area contributed by atoms with Crippen LogP contribution >= 0.6 is 11.6 Å². The molecule has 14 heteroatoms. The van der Waals surface area contributed by atoms with Gasteiger partial charge >= 0.3 is 12.1 Å². The summed E-state index contributed by atoms with van der Waals surface area (Å²) in [6.45, 7) is 6.58. The largest absolute Gasteiger partial charge is 0.462 e. The van der Waals surface area contributed by atoms with Gasteiger partial charge in [0.1, 0.15) is 18.0 Å². The molecule has 3 aliphatic rings. The van der Waals surface area contributed by atoms with Gasteiger partial charge in [0.25, 0.3) is 5.92 Å². The number of nitrogens with zero attached hydrogens (tertiary/aromatic N) is 7. The van der Waals surface area contributed by atoms with E-state index in [0.29, 0.717) is 42.6 Å². The molecular formula is C34H40ClF2N7O4. The van der Waals surface area contributed by atoms with Crippen molar-refractivity contribution in [2.75, 3.05) is 56.2 Å². The summed E-state index contributed by atoms with van der Waals surface area (Å²) in [5.41, 5.74) is 1.79. The molecule has 2 fully saturated rings. The molecule has 1 N–H and O–H groups in total. The van der Waals surface area contributed by atoms with Gasteiger partial charge in [-0.05, 0) is 51.8 Å². The molecule has 3 atom stereocenters. The van der Waals surface area contributed by atoms with E-state index in [1.165, 1.54) is 4.90 Å². The SMILES string of the molecule is CN1CC(F)(F)C[C@H]1COc1nc2c(c(N3CCN(C(=O)OC(C)(C)C)[C@@H]([C@@H](O)C#N)C3)n1)CCN(c1cccc3cccc(Cl)c13)C2. The Bertz CT molecular complexity index is 1730. The lowest BCUT2D eigenvalue weighted by molar-refractivity contribution is -0.000381. The lowest BCUT2D eigenvalue weighted by Crippen LogP contribution is -2.60. The average molecular weight is 684 g/mol. The summed E-state index contributed by atoms with van der Waals surface area (Å²) in [6, 6.07) is 12.4. The first-order chi connectivity index (χ1) is 22.7. The van der Waals surface area contributed by atoms with E-state index in [1.807, 2.05) is 47.4 Å². The molecule has 3 aliphatic heterocycles. The second-order valence-corrected chi connectivity index (χ2v) is 14.1. The standard InChI is InChI=1S/C34H40ClF2N7O4/c1-33(2,3)48-32(46)44-14-13-43(18-27(44)28(45)16-38)30-23-11-12-42(26-10-6-8-21-7-5-9-24(35)29(21)26)17-25(23)39-31(40-30)47-19-22-15-34(36,37)20-41(22)4/h5-10,22,27-28,45H,11-15,17-20H2,1-4H3/t22-,27+,28-/m0/s1. The Hall–Kier alpha value is -3.99. The van der Waals surface area contributed by atoms with E-state index in [2.05, 4.69) is 4.90 Å². The molecule has 0 radical (unpaired) electrons. The van der Waals surface area contributed by atoms with Crippen LogP contribution in [-0.2, 0) is 17.7 Å². The zero-order valence-electron chi connectivity index (χ0n) is 27.5. The molecule has 1 aromatic heterocycles. The Balaban J connectivity index is 1.33. The van der Waals surface area contributed by atoms with E-state index < -0.39 is 35.8 Å². The molecule has 2 aromatic carbocycles. The maximum absolute atomic E-state index is 14.1. The molecule has 3 aromatic rings. The minimum absolute atomic E-state index is 0.0187. The van der Waals surface area contributed by atoms with Crippen molar-refractivity contribution in [3.63, 3.8) is 0 Å². The van der Waals surface area contributed by atoms with Crippen molar-refractivity contribution in [2.24, 2.45) is 0 Å². The molecule has 4 heterocycles. The molecule has 6 rings (SSSR count). The van der Waals surface area contributed by atoms with Gasteiger partial charge in [0, 0.05) is 55.3 Å². The highest BCUT2D eigenvalue weighted by atomic mass is 35.5.